The number of hydrogen-bond donors (Lipinski definition) is 1. The molecule has 4 nitrogen and oxygen atoms in total. The third-order valence-corrected chi connectivity index (χ3v) is 4.34. The van der Waals surface area contributed by atoms with Crippen LogP contribution in [0.15, 0.2) is 35.1 Å². The second-order valence-electron chi connectivity index (χ2n) is 5.40. The number of nitrogens with one attached hydrogen (secondary N) is 1. The van der Waals surface area contributed by atoms with Crippen LogP contribution in [-0.2, 0) is 11.3 Å². The first-order valence-electron chi connectivity index (χ1n) is 7.19. The largest absolute Gasteiger partial charge is 0.383 e. The molecule has 3 rings (SSSR count). The number of halogens is 2. The van der Waals surface area contributed by atoms with Gasteiger partial charge in [0, 0.05) is 17.7 Å². The Bertz CT molecular complexity index is 905. The Labute approximate surface area is 143 Å². The van der Waals surface area contributed by atoms with Gasteiger partial charge in [0.05, 0.1) is 29.1 Å². The van der Waals surface area contributed by atoms with Crippen molar-refractivity contribution in [3.8, 4) is 11.1 Å². The van der Waals surface area contributed by atoms with E-state index in [2.05, 4.69) is 5.10 Å². The van der Waals surface area contributed by atoms with E-state index in [9.17, 15) is 4.79 Å². The predicted octanol–water partition coefficient (Wildman–Crippen LogP) is 4.26. The summed E-state index contributed by atoms with van der Waals surface area (Å²) >= 11 is 12.4. The summed E-state index contributed by atoms with van der Waals surface area (Å²) in [5.41, 5.74) is 3.48. The molecule has 1 N–H and O–H groups in total. The molecule has 23 heavy (non-hydrogen) atoms. The summed E-state index contributed by atoms with van der Waals surface area (Å²) in [7, 11) is 1.63. The third kappa shape index (κ3) is 3.02. The number of aryl methyl sites for hydroxylation is 1. The highest BCUT2D eigenvalue weighted by Crippen LogP contribution is 2.34. The van der Waals surface area contributed by atoms with Crippen LogP contribution in [0.25, 0.3) is 22.0 Å². The first kappa shape index (κ1) is 16.1. The standard InChI is InChI=1S/C17H16Cl2N2O2/c1-10-7-12(18)9-14(19)16(10)11-3-4-15-13(8-11)17(22)20-21(15)5-6-23-2/h3-4,7-9H,5-6H2,1-2H3,(H,20,22). The van der Waals surface area contributed by atoms with Crippen LogP contribution in [0.5, 0.6) is 0 Å². The van der Waals surface area contributed by atoms with E-state index in [4.69, 9.17) is 27.9 Å². The summed E-state index contributed by atoms with van der Waals surface area (Å²) in [4.78, 5) is 12.2. The Morgan fingerprint density at radius 1 is 1.22 bits per heavy atom. The van der Waals surface area contributed by atoms with E-state index in [0.717, 1.165) is 22.2 Å². The number of aromatic amines is 1. The number of rotatable bonds is 4. The van der Waals surface area contributed by atoms with Crippen LogP contribution in [0, 0.1) is 6.92 Å². The molecule has 3 aromatic rings. The Morgan fingerprint density at radius 3 is 2.70 bits per heavy atom. The van der Waals surface area contributed by atoms with Gasteiger partial charge >= 0.3 is 0 Å². The lowest BCUT2D eigenvalue weighted by atomic mass is 9.99. The molecule has 0 aliphatic rings. The minimum absolute atomic E-state index is 0.124. The van der Waals surface area contributed by atoms with Crippen LogP contribution < -0.4 is 5.56 Å². The molecule has 0 atom stereocenters. The first-order chi connectivity index (χ1) is 11.0. The molecule has 1 aromatic heterocycles. The average molecular weight is 351 g/mol. The van der Waals surface area contributed by atoms with E-state index in [1.165, 1.54) is 0 Å². The summed E-state index contributed by atoms with van der Waals surface area (Å²) < 4.78 is 6.86. The van der Waals surface area contributed by atoms with Gasteiger partial charge in [-0.05, 0) is 42.3 Å². The molecular weight excluding hydrogens is 335 g/mol. The van der Waals surface area contributed by atoms with Gasteiger partial charge in [-0.15, -0.1) is 0 Å². The number of fused-ring (bicyclic) bond motifs is 1. The maximum absolute atomic E-state index is 12.2. The lowest BCUT2D eigenvalue weighted by molar-refractivity contribution is 0.184. The lowest BCUT2D eigenvalue weighted by Gasteiger charge is -2.10. The summed E-state index contributed by atoms with van der Waals surface area (Å²) in [6, 6.07) is 9.31. The fourth-order valence-electron chi connectivity index (χ4n) is 2.78. The van der Waals surface area contributed by atoms with E-state index < -0.39 is 0 Å². The first-order valence-corrected chi connectivity index (χ1v) is 7.94. The quantitative estimate of drug-likeness (QED) is 0.764. The zero-order valence-corrected chi connectivity index (χ0v) is 14.3. The number of aromatic nitrogens is 2. The minimum Gasteiger partial charge on any atom is -0.383 e. The molecule has 0 saturated carbocycles. The SMILES string of the molecule is COCCn1[nH]c(=O)c2cc(-c3c(C)cc(Cl)cc3Cl)ccc21. The molecule has 0 radical (unpaired) electrons. The van der Waals surface area contributed by atoms with Crippen LogP contribution >= 0.6 is 23.2 Å². The summed E-state index contributed by atoms with van der Waals surface area (Å²) in [5.74, 6) is 0. The molecule has 0 amide bonds. The van der Waals surface area contributed by atoms with E-state index in [-0.39, 0.29) is 5.56 Å². The van der Waals surface area contributed by atoms with Gasteiger partial charge in [-0.2, -0.15) is 0 Å². The normalized spacial score (nSPS) is 11.3. The van der Waals surface area contributed by atoms with Gasteiger partial charge in [0.1, 0.15) is 0 Å². The van der Waals surface area contributed by atoms with Crippen molar-refractivity contribution in [2.75, 3.05) is 13.7 Å². The van der Waals surface area contributed by atoms with E-state index in [0.29, 0.717) is 28.6 Å². The van der Waals surface area contributed by atoms with Crippen molar-refractivity contribution in [2.45, 2.75) is 13.5 Å². The Morgan fingerprint density at radius 2 is 2.00 bits per heavy atom. The maximum atomic E-state index is 12.2. The molecule has 0 fully saturated rings. The summed E-state index contributed by atoms with van der Waals surface area (Å²) in [5, 5.41) is 4.63. The number of nitrogens with zero attached hydrogens (tertiary/aromatic N) is 1. The highest BCUT2D eigenvalue weighted by molar-refractivity contribution is 6.36. The lowest BCUT2D eigenvalue weighted by Crippen LogP contribution is -2.09. The van der Waals surface area contributed by atoms with Gasteiger partial charge in [0.15, 0.2) is 0 Å². The Kier molecular flexibility index (Phi) is 4.48. The van der Waals surface area contributed by atoms with E-state index >= 15 is 0 Å². The van der Waals surface area contributed by atoms with E-state index in [1.807, 2.05) is 31.2 Å². The van der Waals surface area contributed by atoms with E-state index in [1.54, 1.807) is 17.9 Å². The Hall–Kier alpha value is -1.75. The summed E-state index contributed by atoms with van der Waals surface area (Å²) in [6.45, 7) is 3.07. The van der Waals surface area contributed by atoms with Crippen molar-refractivity contribution in [3.05, 3.63) is 56.3 Å². The molecule has 0 spiro atoms. The second kappa shape index (κ2) is 6.40. The zero-order chi connectivity index (χ0) is 16.6. The molecule has 1 heterocycles. The molecule has 0 saturated heterocycles. The number of hydrogen-bond acceptors (Lipinski definition) is 2. The number of H-pyrrole nitrogens is 1. The van der Waals surface area contributed by atoms with Crippen LogP contribution in [0.3, 0.4) is 0 Å². The van der Waals surface area contributed by atoms with Crippen LogP contribution in [0.4, 0.5) is 0 Å². The molecule has 0 bridgehead atoms. The van der Waals surface area contributed by atoms with Crippen LogP contribution in [0.2, 0.25) is 10.0 Å². The van der Waals surface area contributed by atoms with Gasteiger partial charge in [0.25, 0.3) is 5.56 Å². The number of methoxy groups -OCH3 is 1. The molecule has 0 aliphatic carbocycles. The van der Waals surface area contributed by atoms with Crippen LogP contribution in [-0.4, -0.2) is 23.5 Å². The van der Waals surface area contributed by atoms with Gasteiger partial charge < -0.3 is 4.74 Å². The predicted molar refractivity (Wildman–Crippen MR) is 94.6 cm³/mol. The molecule has 2 aromatic carbocycles. The highest BCUT2D eigenvalue weighted by Gasteiger charge is 2.12. The topological polar surface area (TPSA) is 47.0 Å². The van der Waals surface area contributed by atoms with Crippen molar-refractivity contribution in [2.24, 2.45) is 0 Å². The van der Waals surface area contributed by atoms with Gasteiger partial charge in [-0.25, -0.2) is 0 Å². The fourth-order valence-corrected chi connectivity index (χ4v) is 3.48. The zero-order valence-electron chi connectivity index (χ0n) is 12.8. The number of ether oxygens (including phenoxy) is 1. The van der Waals surface area contributed by atoms with Gasteiger partial charge in [-0.3, -0.25) is 14.6 Å². The monoisotopic (exact) mass is 350 g/mol. The van der Waals surface area contributed by atoms with Crippen molar-refractivity contribution in [1.29, 1.82) is 0 Å². The maximum Gasteiger partial charge on any atom is 0.271 e. The highest BCUT2D eigenvalue weighted by atomic mass is 35.5. The van der Waals surface area contributed by atoms with Crippen molar-refractivity contribution in [1.82, 2.24) is 9.78 Å². The fraction of sp³-hybridized carbons (Fsp3) is 0.235. The van der Waals surface area contributed by atoms with Crippen molar-refractivity contribution < 1.29 is 4.74 Å². The van der Waals surface area contributed by atoms with Crippen LogP contribution in [0.1, 0.15) is 5.56 Å². The van der Waals surface area contributed by atoms with Crippen molar-refractivity contribution >= 4 is 34.1 Å². The second-order valence-corrected chi connectivity index (χ2v) is 6.24. The smallest absolute Gasteiger partial charge is 0.271 e. The van der Waals surface area contributed by atoms with Gasteiger partial charge in [-0.1, -0.05) is 29.3 Å². The van der Waals surface area contributed by atoms with Crippen molar-refractivity contribution in [3.63, 3.8) is 0 Å². The number of benzene rings is 2. The third-order valence-electron chi connectivity index (χ3n) is 3.83. The van der Waals surface area contributed by atoms with Gasteiger partial charge in [0.2, 0.25) is 0 Å². The Balaban J connectivity index is 2.15. The molecular formula is C17H16Cl2N2O2. The molecule has 120 valence electrons. The molecule has 0 aliphatic heterocycles. The molecule has 0 unspecified atom stereocenters. The molecule has 6 heteroatoms. The minimum atomic E-state index is -0.124. The summed E-state index contributed by atoms with van der Waals surface area (Å²) in [6.07, 6.45) is 0. The average Bonchev–Trinajstić information content (AvgIpc) is 2.80.